The largest absolute Gasteiger partial charge is 0.384 e. The van der Waals surface area contributed by atoms with Crippen LogP contribution in [-0.4, -0.2) is 29.9 Å². The fourth-order valence-electron chi connectivity index (χ4n) is 2.53. The Labute approximate surface area is 120 Å². The van der Waals surface area contributed by atoms with Gasteiger partial charge in [-0.3, -0.25) is 4.79 Å². The smallest absolute Gasteiger partial charge is 0.254 e. The molecule has 1 N–H and O–H groups in total. The van der Waals surface area contributed by atoms with Crippen molar-refractivity contribution in [1.82, 2.24) is 4.90 Å². The lowest BCUT2D eigenvalue weighted by Gasteiger charge is -2.21. The van der Waals surface area contributed by atoms with Gasteiger partial charge in [-0.15, -0.1) is 19.0 Å². The number of fused-ring (bicyclic) bond motifs is 1. The minimum atomic E-state index is 0. The van der Waals surface area contributed by atoms with Crippen LogP contribution in [0.3, 0.4) is 0 Å². The first kappa shape index (κ1) is 13.9. The van der Waals surface area contributed by atoms with Crippen molar-refractivity contribution in [3.05, 3.63) is 42.0 Å². The number of carbonyl (C=O) groups is 1. The van der Waals surface area contributed by atoms with E-state index in [1.807, 2.05) is 29.2 Å². The van der Waals surface area contributed by atoms with Gasteiger partial charge in [0.15, 0.2) is 0 Å². The van der Waals surface area contributed by atoms with Crippen molar-refractivity contribution >= 4 is 24.0 Å². The van der Waals surface area contributed by atoms with E-state index in [1.165, 1.54) is 11.3 Å². The van der Waals surface area contributed by atoms with Gasteiger partial charge < -0.3 is 10.2 Å². The number of hydrogen-bond acceptors (Lipinski definition) is 2. The Kier molecular flexibility index (Phi) is 4.15. The molecule has 0 radical (unpaired) electrons. The topological polar surface area (TPSA) is 32.3 Å². The van der Waals surface area contributed by atoms with Crippen LogP contribution in [0.2, 0.25) is 0 Å². The highest BCUT2D eigenvalue weighted by Gasteiger charge is 2.32. The Balaban J connectivity index is 0.00000133. The number of rotatable bonds is 4. The summed E-state index contributed by atoms with van der Waals surface area (Å²) in [5.41, 5.74) is 3.25. The number of amides is 1. The fourth-order valence-corrected chi connectivity index (χ4v) is 2.53. The van der Waals surface area contributed by atoms with Gasteiger partial charge in [0.1, 0.15) is 0 Å². The van der Waals surface area contributed by atoms with Gasteiger partial charge in [-0.25, -0.2) is 0 Å². The molecule has 0 atom stereocenters. The highest BCUT2D eigenvalue weighted by atomic mass is 35.5. The second kappa shape index (κ2) is 5.66. The lowest BCUT2D eigenvalue weighted by atomic mass is 10.1. The number of benzene rings is 1. The van der Waals surface area contributed by atoms with Gasteiger partial charge >= 0.3 is 0 Å². The van der Waals surface area contributed by atoms with Crippen molar-refractivity contribution in [2.24, 2.45) is 0 Å². The van der Waals surface area contributed by atoms with E-state index in [2.05, 4.69) is 11.9 Å². The van der Waals surface area contributed by atoms with E-state index in [1.54, 1.807) is 0 Å². The van der Waals surface area contributed by atoms with E-state index < -0.39 is 0 Å². The molecule has 1 heterocycles. The first-order valence-electron chi connectivity index (χ1n) is 6.58. The Morgan fingerprint density at radius 3 is 2.95 bits per heavy atom. The molecule has 0 spiro atoms. The zero-order valence-corrected chi connectivity index (χ0v) is 11.7. The predicted molar refractivity (Wildman–Crippen MR) is 80.1 cm³/mol. The number of anilines is 1. The minimum absolute atomic E-state index is 0. The first-order chi connectivity index (χ1) is 8.79. The summed E-state index contributed by atoms with van der Waals surface area (Å²) in [4.78, 5) is 14.4. The van der Waals surface area contributed by atoms with Gasteiger partial charge in [0.2, 0.25) is 0 Å². The number of nitrogens with one attached hydrogen (secondary N) is 1. The highest BCUT2D eigenvalue weighted by Crippen LogP contribution is 2.29. The monoisotopic (exact) mass is 278 g/mol. The van der Waals surface area contributed by atoms with Crippen LogP contribution in [0.5, 0.6) is 0 Å². The number of halogens is 1. The van der Waals surface area contributed by atoms with Crippen molar-refractivity contribution in [3.8, 4) is 0 Å². The first-order valence-corrected chi connectivity index (χ1v) is 6.58. The SMILES string of the molecule is C=CCN(C(=O)c1ccc2c(c1)CCN2)C1CC1.Cl. The van der Waals surface area contributed by atoms with Crippen LogP contribution in [0, 0.1) is 0 Å². The van der Waals surface area contributed by atoms with Gasteiger partial charge in [-0.05, 0) is 43.0 Å². The third kappa shape index (κ3) is 2.76. The number of carbonyl (C=O) groups excluding carboxylic acids is 1. The molecule has 2 aliphatic rings. The molecule has 19 heavy (non-hydrogen) atoms. The highest BCUT2D eigenvalue weighted by molar-refractivity contribution is 5.95. The summed E-state index contributed by atoms with van der Waals surface area (Å²) in [6.07, 6.45) is 5.09. The van der Waals surface area contributed by atoms with Gasteiger partial charge in [-0.1, -0.05) is 6.08 Å². The molecule has 3 rings (SSSR count). The predicted octanol–water partition coefficient (Wildman–Crippen LogP) is 2.87. The average Bonchev–Trinajstić information content (AvgIpc) is 3.12. The maximum Gasteiger partial charge on any atom is 0.254 e. The van der Waals surface area contributed by atoms with Gasteiger partial charge in [0.05, 0.1) is 0 Å². The van der Waals surface area contributed by atoms with Crippen LogP contribution in [0.15, 0.2) is 30.9 Å². The van der Waals surface area contributed by atoms with E-state index in [9.17, 15) is 4.79 Å². The Hall–Kier alpha value is -1.48. The lowest BCUT2D eigenvalue weighted by molar-refractivity contribution is 0.0762. The molecule has 1 saturated carbocycles. The molecule has 3 nitrogen and oxygen atoms in total. The normalized spacial score (nSPS) is 16.0. The maximum atomic E-state index is 12.5. The lowest BCUT2D eigenvalue weighted by Crippen LogP contribution is -2.33. The molecule has 1 fully saturated rings. The summed E-state index contributed by atoms with van der Waals surface area (Å²) in [6, 6.07) is 6.42. The molecule has 0 bridgehead atoms. The van der Waals surface area contributed by atoms with Crippen molar-refractivity contribution in [1.29, 1.82) is 0 Å². The molecule has 1 amide bonds. The van der Waals surface area contributed by atoms with Crippen molar-refractivity contribution in [2.75, 3.05) is 18.4 Å². The van der Waals surface area contributed by atoms with Gasteiger partial charge in [-0.2, -0.15) is 0 Å². The fraction of sp³-hybridized carbons (Fsp3) is 0.400. The Bertz CT molecular complexity index is 497. The summed E-state index contributed by atoms with van der Waals surface area (Å²) >= 11 is 0. The zero-order chi connectivity index (χ0) is 12.5. The third-order valence-electron chi connectivity index (χ3n) is 3.64. The van der Waals surface area contributed by atoms with E-state index in [0.29, 0.717) is 12.6 Å². The van der Waals surface area contributed by atoms with Crippen LogP contribution < -0.4 is 5.32 Å². The summed E-state index contributed by atoms with van der Waals surface area (Å²) in [5.74, 6) is 0.145. The van der Waals surface area contributed by atoms with Crippen LogP contribution >= 0.6 is 12.4 Å². The summed E-state index contributed by atoms with van der Waals surface area (Å²) in [7, 11) is 0. The molecule has 1 aromatic carbocycles. The second-order valence-corrected chi connectivity index (χ2v) is 5.03. The molecule has 1 aliphatic carbocycles. The number of hydrogen-bond donors (Lipinski definition) is 1. The molecular formula is C15H19ClN2O. The molecule has 4 heteroatoms. The second-order valence-electron chi connectivity index (χ2n) is 5.03. The molecule has 0 aromatic heterocycles. The van der Waals surface area contributed by atoms with Crippen molar-refractivity contribution < 1.29 is 4.79 Å². The van der Waals surface area contributed by atoms with Gasteiger partial charge in [0, 0.05) is 30.4 Å². The van der Waals surface area contributed by atoms with E-state index >= 15 is 0 Å². The van der Waals surface area contributed by atoms with Crippen LogP contribution in [0.4, 0.5) is 5.69 Å². The molecule has 1 aliphatic heterocycles. The molecule has 1 aromatic rings. The summed E-state index contributed by atoms with van der Waals surface area (Å²) < 4.78 is 0. The quantitative estimate of drug-likeness (QED) is 0.859. The number of nitrogens with zero attached hydrogens (tertiary/aromatic N) is 1. The summed E-state index contributed by atoms with van der Waals surface area (Å²) in [6.45, 7) is 5.37. The molecule has 102 valence electrons. The minimum Gasteiger partial charge on any atom is -0.384 e. The summed E-state index contributed by atoms with van der Waals surface area (Å²) in [5, 5.41) is 3.31. The van der Waals surface area contributed by atoms with Crippen LogP contribution in [-0.2, 0) is 6.42 Å². The third-order valence-corrected chi connectivity index (χ3v) is 3.64. The van der Waals surface area contributed by atoms with Gasteiger partial charge in [0.25, 0.3) is 5.91 Å². The maximum absolute atomic E-state index is 12.5. The van der Waals surface area contributed by atoms with Crippen molar-refractivity contribution in [3.63, 3.8) is 0 Å². The Morgan fingerprint density at radius 1 is 1.47 bits per heavy atom. The Morgan fingerprint density at radius 2 is 2.26 bits per heavy atom. The van der Waals surface area contributed by atoms with Crippen LogP contribution in [0.1, 0.15) is 28.8 Å². The zero-order valence-electron chi connectivity index (χ0n) is 10.9. The van der Waals surface area contributed by atoms with Crippen LogP contribution in [0.25, 0.3) is 0 Å². The molecular weight excluding hydrogens is 260 g/mol. The standard InChI is InChI=1S/C15H18N2O.ClH/c1-2-9-17(13-4-5-13)15(18)12-3-6-14-11(10-12)7-8-16-14;/h2-3,6,10,13,16H,1,4-5,7-9H2;1H. The van der Waals surface area contributed by atoms with Crippen molar-refractivity contribution in [2.45, 2.75) is 25.3 Å². The van der Waals surface area contributed by atoms with E-state index in [4.69, 9.17) is 0 Å². The molecule has 0 unspecified atom stereocenters. The van der Waals surface area contributed by atoms with E-state index in [0.717, 1.165) is 31.4 Å². The molecule has 0 saturated heterocycles. The average molecular weight is 279 g/mol. The van der Waals surface area contributed by atoms with E-state index in [-0.39, 0.29) is 18.3 Å².